The summed E-state index contributed by atoms with van der Waals surface area (Å²) in [5, 5.41) is 26.1. The van der Waals surface area contributed by atoms with Gasteiger partial charge in [-0.3, -0.25) is 19.0 Å². The van der Waals surface area contributed by atoms with Crippen LogP contribution in [-0.4, -0.2) is 78.0 Å². The Bertz CT molecular complexity index is 1420. The van der Waals surface area contributed by atoms with Crippen LogP contribution in [-0.2, 0) is 23.4 Å². The largest absolute Gasteiger partial charge is 0.501 e. The smallest absolute Gasteiger partial charge is 0.296 e. The highest BCUT2D eigenvalue weighted by molar-refractivity contribution is 5.94. The van der Waals surface area contributed by atoms with E-state index in [9.17, 15) is 23.9 Å². The van der Waals surface area contributed by atoms with E-state index in [0.717, 1.165) is 6.07 Å². The van der Waals surface area contributed by atoms with Crippen molar-refractivity contribution in [2.24, 2.45) is 0 Å². The Kier molecular flexibility index (Phi) is 7.05. The maximum Gasteiger partial charge on any atom is 0.296 e. The molecule has 0 bridgehead atoms. The summed E-state index contributed by atoms with van der Waals surface area (Å²) in [4.78, 5) is 47.4. The van der Waals surface area contributed by atoms with Gasteiger partial charge in [-0.05, 0) is 31.5 Å². The van der Waals surface area contributed by atoms with Crippen LogP contribution in [0.1, 0.15) is 46.3 Å². The van der Waals surface area contributed by atoms with E-state index >= 15 is 0 Å². The predicted molar refractivity (Wildman–Crippen MR) is 126 cm³/mol. The van der Waals surface area contributed by atoms with Crippen LogP contribution in [0.2, 0.25) is 0 Å². The average molecular weight is 516 g/mol. The second kappa shape index (κ2) is 10.1. The number of carbonyl (C=O) groups is 2. The lowest BCUT2D eigenvalue weighted by atomic mass is 10.1. The zero-order valence-electron chi connectivity index (χ0n) is 20.4. The molecule has 2 aromatic heterocycles. The molecule has 37 heavy (non-hydrogen) atoms. The number of fused-ring (bicyclic) bond motifs is 1. The molecule has 0 unspecified atom stereocenters. The van der Waals surface area contributed by atoms with Crippen molar-refractivity contribution in [3.63, 3.8) is 0 Å². The van der Waals surface area contributed by atoms with Gasteiger partial charge in [0.05, 0.1) is 25.4 Å². The van der Waals surface area contributed by atoms with Crippen LogP contribution in [0.25, 0.3) is 5.69 Å². The molecule has 3 aromatic rings. The van der Waals surface area contributed by atoms with Crippen molar-refractivity contribution in [1.82, 2.24) is 34.5 Å². The molecule has 4 rings (SSSR count). The number of hydrogen-bond donors (Lipinski definition) is 3. The van der Waals surface area contributed by atoms with Gasteiger partial charge in [0.2, 0.25) is 11.6 Å². The molecule has 196 valence electrons. The van der Waals surface area contributed by atoms with Crippen LogP contribution in [0.15, 0.2) is 29.3 Å². The summed E-state index contributed by atoms with van der Waals surface area (Å²) in [5.74, 6) is -2.69. The van der Waals surface area contributed by atoms with E-state index in [-0.39, 0.29) is 50.2 Å². The average Bonchev–Trinajstić information content (AvgIpc) is 3.35. The third-order valence-corrected chi connectivity index (χ3v) is 5.88. The topological polar surface area (TPSA) is 165 Å². The minimum Gasteiger partial charge on any atom is -0.501 e. The molecule has 0 fully saturated rings. The number of nitrogens with zero attached hydrogens (tertiary/aromatic N) is 6. The number of nitrogens with one attached hydrogen (secondary N) is 1. The minimum atomic E-state index is -0.947. The standard InChI is InChI=1S/C23H26FN7O6/c1-23(2)22-27-16(17(33)20(35)30(22)7-9-37-23)19(34)25-11-13-4-5-14(24)10-15(13)31-12-26-18(28-31)21(36)29(3)6-8-32/h4-5,10,12,32-33H,6-9,11H2,1-3H3,(H,25,34). The number of rotatable bonds is 7. The van der Waals surface area contributed by atoms with Gasteiger partial charge in [-0.25, -0.2) is 19.0 Å². The summed E-state index contributed by atoms with van der Waals surface area (Å²) in [6, 6.07) is 3.75. The molecule has 0 saturated carbocycles. The summed E-state index contributed by atoms with van der Waals surface area (Å²) in [6.07, 6.45) is 1.22. The van der Waals surface area contributed by atoms with E-state index in [1.165, 1.54) is 39.7 Å². The van der Waals surface area contributed by atoms with E-state index in [2.05, 4.69) is 20.4 Å². The Hall–Kier alpha value is -4.17. The minimum absolute atomic E-state index is 0.0844. The molecule has 13 nitrogen and oxygen atoms in total. The number of aliphatic hydroxyl groups is 1. The monoisotopic (exact) mass is 515 g/mol. The third kappa shape index (κ3) is 5.06. The van der Waals surface area contributed by atoms with Crippen molar-refractivity contribution < 1.29 is 28.9 Å². The van der Waals surface area contributed by atoms with Crippen molar-refractivity contribution in [2.75, 3.05) is 26.8 Å². The van der Waals surface area contributed by atoms with E-state index in [4.69, 9.17) is 9.84 Å². The van der Waals surface area contributed by atoms with Gasteiger partial charge in [-0.15, -0.1) is 5.10 Å². The Morgan fingerprint density at radius 2 is 2.08 bits per heavy atom. The molecule has 2 amide bonds. The van der Waals surface area contributed by atoms with Crippen molar-refractivity contribution in [2.45, 2.75) is 32.5 Å². The first-order valence-corrected chi connectivity index (χ1v) is 11.4. The predicted octanol–water partition coefficient (Wildman–Crippen LogP) is -0.0717. The number of ether oxygens (including phenoxy) is 1. The lowest BCUT2D eigenvalue weighted by Crippen LogP contribution is -2.42. The number of amides is 2. The van der Waals surface area contributed by atoms with Gasteiger partial charge in [0.1, 0.15) is 23.6 Å². The fourth-order valence-corrected chi connectivity index (χ4v) is 3.88. The summed E-state index contributed by atoms with van der Waals surface area (Å²) in [7, 11) is 1.48. The summed E-state index contributed by atoms with van der Waals surface area (Å²) in [5.41, 5.74) is -1.55. The molecule has 0 aliphatic carbocycles. The van der Waals surface area contributed by atoms with Gasteiger partial charge in [-0.2, -0.15) is 0 Å². The fourth-order valence-electron chi connectivity index (χ4n) is 3.88. The Morgan fingerprint density at radius 1 is 1.32 bits per heavy atom. The summed E-state index contributed by atoms with van der Waals surface area (Å²) in [6.45, 7) is 3.55. The Morgan fingerprint density at radius 3 is 2.81 bits per heavy atom. The van der Waals surface area contributed by atoms with E-state index in [1.54, 1.807) is 13.8 Å². The Balaban J connectivity index is 1.59. The van der Waals surface area contributed by atoms with Crippen molar-refractivity contribution >= 4 is 11.8 Å². The number of benzene rings is 1. The number of carbonyl (C=O) groups excluding carboxylic acids is 2. The van der Waals surface area contributed by atoms with Crippen LogP contribution < -0.4 is 10.9 Å². The number of likely N-dealkylation sites (N-methyl/N-ethyl adjacent to an activating group) is 1. The Labute approximate surface area is 210 Å². The molecule has 0 spiro atoms. The van der Waals surface area contributed by atoms with E-state index in [0.29, 0.717) is 5.56 Å². The number of aromatic hydroxyl groups is 1. The maximum atomic E-state index is 14.1. The lowest BCUT2D eigenvalue weighted by molar-refractivity contribution is -0.0566. The van der Waals surface area contributed by atoms with Crippen LogP contribution in [0.3, 0.4) is 0 Å². The number of aliphatic hydroxyl groups excluding tert-OH is 1. The second-order valence-corrected chi connectivity index (χ2v) is 8.87. The van der Waals surface area contributed by atoms with Crippen molar-refractivity contribution in [3.05, 3.63) is 63.6 Å². The molecule has 0 atom stereocenters. The second-order valence-electron chi connectivity index (χ2n) is 8.87. The van der Waals surface area contributed by atoms with Crippen molar-refractivity contribution in [1.29, 1.82) is 0 Å². The molecule has 0 saturated heterocycles. The highest BCUT2D eigenvalue weighted by atomic mass is 19.1. The maximum absolute atomic E-state index is 14.1. The fraction of sp³-hybridized carbons (Fsp3) is 0.391. The molecule has 1 aromatic carbocycles. The van der Waals surface area contributed by atoms with E-state index < -0.39 is 40.2 Å². The van der Waals surface area contributed by atoms with Crippen LogP contribution >= 0.6 is 0 Å². The highest BCUT2D eigenvalue weighted by Gasteiger charge is 2.34. The van der Waals surface area contributed by atoms with Gasteiger partial charge in [-0.1, -0.05) is 6.07 Å². The van der Waals surface area contributed by atoms with Crippen LogP contribution in [0, 0.1) is 5.82 Å². The van der Waals surface area contributed by atoms with Gasteiger partial charge in [0, 0.05) is 20.1 Å². The third-order valence-electron chi connectivity index (χ3n) is 5.88. The molecular formula is C23H26FN7O6. The zero-order valence-corrected chi connectivity index (χ0v) is 20.4. The van der Waals surface area contributed by atoms with Crippen LogP contribution in [0.5, 0.6) is 5.75 Å². The molecule has 1 aliphatic heterocycles. The number of hydrogen-bond acceptors (Lipinski definition) is 9. The number of aromatic nitrogens is 5. The van der Waals surface area contributed by atoms with Crippen molar-refractivity contribution in [3.8, 4) is 11.4 Å². The SMILES string of the molecule is CN(CCO)C(=O)c1ncn(-c2cc(F)ccc2CNC(=O)c2nc3n(c(=O)c2O)CCOC3(C)C)n1. The van der Waals surface area contributed by atoms with E-state index in [1.807, 2.05) is 0 Å². The summed E-state index contributed by atoms with van der Waals surface area (Å²) < 4.78 is 22.2. The highest BCUT2D eigenvalue weighted by Crippen LogP contribution is 2.27. The van der Waals surface area contributed by atoms with Gasteiger partial charge >= 0.3 is 0 Å². The molecule has 14 heteroatoms. The zero-order chi connectivity index (χ0) is 26.9. The first-order valence-electron chi connectivity index (χ1n) is 11.4. The molecule has 1 aliphatic rings. The van der Waals surface area contributed by atoms with Crippen LogP contribution in [0.4, 0.5) is 4.39 Å². The quantitative estimate of drug-likeness (QED) is 0.391. The lowest BCUT2D eigenvalue weighted by Gasteiger charge is -2.32. The molecule has 3 heterocycles. The van der Waals surface area contributed by atoms with Gasteiger partial charge in [0.25, 0.3) is 17.4 Å². The first-order chi connectivity index (χ1) is 17.5. The molecule has 3 N–H and O–H groups in total. The normalized spacial score (nSPS) is 14.2. The summed E-state index contributed by atoms with van der Waals surface area (Å²) >= 11 is 0. The number of halogens is 1. The van der Waals surface area contributed by atoms with Gasteiger partial charge in [0.15, 0.2) is 5.69 Å². The van der Waals surface area contributed by atoms with Gasteiger partial charge < -0.3 is 25.2 Å². The molecular weight excluding hydrogens is 489 g/mol. The molecule has 0 radical (unpaired) electrons. The first kappa shape index (κ1) is 25.9.